The summed E-state index contributed by atoms with van der Waals surface area (Å²) in [6, 6.07) is 4.12. The second kappa shape index (κ2) is 5.01. The minimum atomic E-state index is -0.661. The van der Waals surface area contributed by atoms with Crippen LogP contribution >= 0.6 is 11.3 Å². The Morgan fingerprint density at radius 1 is 1.53 bits per heavy atom. The van der Waals surface area contributed by atoms with E-state index in [9.17, 15) is 9.18 Å². The highest BCUT2D eigenvalue weighted by atomic mass is 32.1. The molecule has 88 valence electrons. The Morgan fingerprint density at radius 2 is 2.35 bits per heavy atom. The van der Waals surface area contributed by atoms with E-state index >= 15 is 0 Å². The fourth-order valence-corrected chi connectivity index (χ4v) is 2.00. The number of amides is 1. The third kappa shape index (κ3) is 2.85. The quantitative estimate of drug-likeness (QED) is 0.848. The summed E-state index contributed by atoms with van der Waals surface area (Å²) < 4.78 is 12.8. The van der Waals surface area contributed by atoms with Crippen LogP contribution in [0.15, 0.2) is 23.7 Å². The van der Waals surface area contributed by atoms with Crippen molar-refractivity contribution in [3.8, 4) is 0 Å². The highest BCUT2D eigenvalue weighted by Crippen LogP contribution is 2.11. The molecule has 0 saturated carbocycles. The van der Waals surface area contributed by atoms with Crippen molar-refractivity contribution in [3.63, 3.8) is 0 Å². The van der Waals surface area contributed by atoms with Gasteiger partial charge in [-0.1, -0.05) is 6.07 Å². The first-order chi connectivity index (χ1) is 8.16. The van der Waals surface area contributed by atoms with Gasteiger partial charge in [0.2, 0.25) is 5.95 Å². The average Bonchev–Trinajstić information content (AvgIpc) is 2.72. The monoisotopic (exact) mass is 251 g/mol. The first-order valence-electron chi connectivity index (χ1n) is 4.96. The molecule has 0 radical (unpaired) electrons. The van der Waals surface area contributed by atoms with E-state index in [2.05, 4.69) is 15.3 Å². The molecule has 1 N–H and O–H groups in total. The Bertz CT molecular complexity index is 541. The number of aromatic nitrogens is 2. The molecule has 0 aliphatic carbocycles. The fraction of sp³-hybridized carbons (Fsp3) is 0.182. The number of pyridine rings is 1. The predicted octanol–water partition coefficient (Wildman–Crippen LogP) is 1.92. The maximum atomic E-state index is 12.8. The van der Waals surface area contributed by atoms with Gasteiger partial charge < -0.3 is 5.32 Å². The molecule has 0 fully saturated rings. The topological polar surface area (TPSA) is 54.9 Å². The van der Waals surface area contributed by atoms with E-state index in [0.29, 0.717) is 6.54 Å². The second-order valence-electron chi connectivity index (χ2n) is 3.39. The number of rotatable bonds is 3. The summed E-state index contributed by atoms with van der Waals surface area (Å²) in [5.74, 6) is -1.05. The lowest BCUT2D eigenvalue weighted by molar-refractivity contribution is 0.0945. The van der Waals surface area contributed by atoms with Gasteiger partial charge in [-0.25, -0.2) is 9.97 Å². The normalized spacial score (nSPS) is 10.2. The average molecular weight is 251 g/mol. The van der Waals surface area contributed by atoms with E-state index < -0.39 is 11.9 Å². The molecule has 0 aliphatic rings. The van der Waals surface area contributed by atoms with Crippen LogP contribution in [0.1, 0.15) is 21.1 Å². The number of halogens is 1. The summed E-state index contributed by atoms with van der Waals surface area (Å²) in [5, 5.41) is 2.67. The van der Waals surface area contributed by atoms with Crippen molar-refractivity contribution < 1.29 is 9.18 Å². The highest BCUT2D eigenvalue weighted by Gasteiger charge is 2.09. The molecule has 0 atom stereocenters. The number of hydrogen-bond acceptors (Lipinski definition) is 4. The van der Waals surface area contributed by atoms with Gasteiger partial charge in [-0.05, 0) is 19.1 Å². The Hall–Kier alpha value is -1.82. The summed E-state index contributed by atoms with van der Waals surface area (Å²) in [4.78, 5) is 20.2. The van der Waals surface area contributed by atoms with Crippen LogP contribution in [0, 0.1) is 12.9 Å². The molecule has 1 amide bonds. The van der Waals surface area contributed by atoms with Gasteiger partial charge >= 0.3 is 0 Å². The number of aryl methyl sites for hydroxylation is 1. The third-order valence-electron chi connectivity index (χ3n) is 2.20. The zero-order valence-electron chi connectivity index (χ0n) is 9.11. The van der Waals surface area contributed by atoms with Gasteiger partial charge in [0.15, 0.2) is 0 Å². The molecule has 2 aromatic rings. The van der Waals surface area contributed by atoms with Crippen LogP contribution in [0.2, 0.25) is 0 Å². The van der Waals surface area contributed by atoms with Gasteiger partial charge in [0.05, 0.1) is 17.7 Å². The molecular formula is C11H10FN3OS. The zero-order valence-corrected chi connectivity index (χ0v) is 9.92. The van der Waals surface area contributed by atoms with Crippen molar-refractivity contribution in [2.45, 2.75) is 13.5 Å². The van der Waals surface area contributed by atoms with Gasteiger partial charge in [0, 0.05) is 4.88 Å². The van der Waals surface area contributed by atoms with Crippen LogP contribution in [0.5, 0.6) is 0 Å². The first-order valence-corrected chi connectivity index (χ1v) is 5.84. The van der Waals surface area contributed by atoms with E-state index in [-0.39, 0.29) is 5.69 Å². The molecule has 2 aromatic heterocycles. The van der Waals surface area contributed by atoms with E-state index in [0.717, 1.165) is 10.6 Å². The van der Waals surface area contributed by atoms with Crippen LogP contribution < -0.4 is 5.32 Å². The van der Waals surface area contributed by atoms with E-state index in [4.69, 9.17) is 0 Å². The molecule has 4 nitrogen and oxygen atoms in total. The first kappa shape index (κ1) is 11.7. The SMILES string of the molecule is Cc1ncsc1CNC(=O)c1cccc(F)n1. The van der Waals surface area contributed by atoms with E-state index in [1.807, 2.05) is 6.92 Å². The Kier molecular flexibility index (Phi) is 3.43. The minimum Gasteiger partial charge on any atom is -0.346 e. The van der Waals surface area contributed by atoms with Gasteiger partial charge in [-0.15, -0.1) is 11.3 Å². The molecule has 0 unspecified atom stereocenters. The van der Waals surface area contributed by atoms with E-state index in [1.54, 1.807) is 5.51 Å². The standard InChI is InChI=1S/C11H10FN3OS/c1-7-9(17-6-14-7)5-13-11(16)8-3-2-4-10(12)15-8/h2-4,6H,5H2,1H3,(H,13,16). The predicted molar refractivity (Wildman–Crippen MR) is 62.2 cm³/mol. The summed E-state index contributed by atoms with van der Waals surface area (Å²) in [6.07, 6.45) is 0. The summed E-state index contributed by atoms with van der Waals surface area (Å²) in [7, 11) is 0. The number of thiazole rings is 1. The molecule has 0 bridgehead atoms. The van der Waals surface area contributed by atoms with Crippen LogP contribution in [-0.2, 0) is 6.54 Å². The maximum absolute atomic E-state index is 12.8. The minimum absolute atomic E-state index is 0.0761. The second-order valence-corrected chi connectivity index (χ2v) is 4.33. The lowest BCUT2D eigenvalue weighted by Crippen LogP contribution is -2.23. The molecule has 0 aromatic carbocycles. The Balaban J connectivity index is 2.01. The lowest BCUT2D eigenvalue weighted by atomic mass is 10.3. The van der Waals surface area contributed by atoms with Crippen LogP contribution in [0.4, 0.5) is 4.39 Å². The molecule has 0 saturated heterocycles. The van der Waals surface area contributed by atoms with Crippen LogP contribution in [-0.4, -0.2) is 15.9 Å². The number of nitrogens with one attached hydrogen (secondary N) is 1. The fourth-order valence-electron chi connectivity index (χ4n) is 1.28. The number of carbonyl (C=O) groups excluding carboxylic acids is 1. The molecular weight excluding hydrogens is 241 g/mol. The Morgan fingerprint density at radius 3 is 3.00 bits per heavy atom. The summed E-state index contributed by atoms with van der Waals surface area (Å²) >= 11 is 1.47. The number of carbonyl (C=O) groups is 1. The highest BCUT2D eigenvalue weighted by molar-refractivity contribution is 7.09. The van der Waals surface area contributed by atoms with Crippen molar-refractivity contribution in [3.05, 3.63) is 45.9 Å². The van der Waals surface area contributed by atoms with Crippen molar-refractivity contribution in [2.24, 2.45) is 0 Å². The third-order valence-corrected chi connectivity index (χ3v) is 3.14. The molecule has 17 heavy (non-hydrogen) atoms. The van der Waals surface area contributed by atoms with Crippen molar-refractivity contribution in [1.82, 2.24) is 15.3 Å². The molecule has 2 rings (SSSR count). The van der Waals surface area contributed by atoms with Gasteiger partial charge in [-0.3, -0.25) is 4.79 Å². The van der Waals surface area contributed by atoms with Crippen molar-refractivity contribution in [1.29, 1.82) is 0 Å². The largest absolute Gasteiger partial charge is 0.346 e. The van der Waals surface area contributed by atoms with E-state index in [1.165, 1.54) is 29.5 Å². The van der Waals surface area contributed by atoms with Crippen LogP contribution in [0.25, 0.3) is 0 Å². The molecule has 0 spiro atoms. The summed E-state index contributed by atoms with van der Waals surface area (Å²) in [6.45, 7) is 2.26. The van der Waals surface area contributed by atoms with Crippen molar-refractivity contribution in [2.75, 3.05) is 0 Å². The van der Waals surface area contributed by atoms with Gasteiger partial charge in [0.25, 0.3) is 5.91 Å². The Labute approximate surface area is 102 Å². The smallest absolute Gasteiger partial charge is 0.270 e. The number of hydrogen-bond donors (Lipinski definition) is 1. The van der Waals surface area contributed by atoms with Gasteiger partial charge in [0.1, 0.15) is 5.69 Å². The van der Waals surface area contributed by atoms with Gasteiger partial charge in [-0.2, -0.15) is 4.39 Å². The molecule has 2 heterocycles. The molecule has 6 heteroatoms. The zero-order chi connectivity index (χ0) is 12.3. The number of nitrogens with zero attached hydrogens (tertiary/aromatic N) is 2. The van der Waals surface area contributed by atoms with Crippen molar-refractivity contribution >= 4 is 17.2 Å². The lowest BCUT2D eigenvalue weighted by Gasteiger charge is -2.03. The summed E-state index contributed by atoms with van der Waals surface area (Å²) in [5.41, 5.74) is 2.69. The van der Waals surface area contributed by atoms with Crippen LogP contribution in [0.3, 0.4) is 0 Å². The maximum Gasteiger partial charge on any atom is 0.270 e. The molecule has 0 aliphatic heterocycles.